The minimum absolute atomic E-state index is 0.0321. The molecule has 0 fully saturated rings. The molecule has 0 aliphatic heterocycles. The molecule has 0 saturated heterocycles. The highest BCUT2D eigenvalue weighted by atomic mass is 32.2. The molecule has 0 aliphatic rings. The largest absolute Gasteiger partial charge is 0.331 e. The van der Waals surface area contributed by atoms with Gasteiger partial charge in [-0.15, -0.1) is 0 Å². The summed E-state index contributed by atoms with van der Waals surface area (Å²) in [5, 5.41) is 10.5. The number of benzene rings is 1. The number of primary sulfonamides is 1. The molecule has 0 spiro atoms. The van der Waals surface area contributed by atoms with Crippen LogP contribution in [0.2, 0.25) is 0 Å². The lowest BCUT2D eigenvalue weighted by atomic mass is 10.1. The second kappa shape index (κ2) is 6.54. The Bertz CT molecular complexity index is 745. The van der Waals surface area contributed by atoms with Gasteiger partial charge in [0, 0.05) is 18.1 Å². The number of sulfonamides is 1. The lowest BCUT2D eigenvalue weighted by Gasteiger charge is -2.15. The number of aromatic nitrogens is 1. The average molecular weight is 320 g/mol. The first-order chi connectivity index (χ1) is 10.4. The lowest BCUT2D eigenvalue weighted by molar-refractivity contribution is 0.249. The highest BCUT2D eigenvalue weighted by Gasteiger charge is 2.12. The number of carbonyl (C=O) groups excluding carboxylic acids is 1. The van der Waals surface area contributed by atoms with Gasteiger partial charge in [0.1, 0.15) is 0 Å². The molecule has 1 heterocycles. The third-order valence-corrected chi connectivity index (χ3v) is 3.92. The number of rotatable bonds is 4. The molecule has 2 amide bonds. The molecule has 1 atom stereocenters. The predicted octanol–water partition coefficient (Wildman–Crippen LogP) is 1.61. The Labute approximate surface area is 128 Å². The van der Waals surface area contributed by atoms with Crippen LogP contribution in [0.3, 0.4) is 0 Å². The van der Waals surface area contributed by atoms with Crippen molar-refractivity contribution in [3.8, 4) is 0 Å². The molecule has 0 bridgehead atoms. The van der Waals surface area contributed by atoms with Crippen LogP contribution in [0.4, 0.5) is 10.5 Å². The van der Waals surface area contributed by atoms with Gasteiger partial charge in [0.25, 0.3) is 0 Å². The van der Waals surface area contributed by atoms with Crippen LogP contribution < -0.4 is 15.8 Å². The van der Waals surface area contributed by atoms with Crippen molar-refractivity contribution in [2.45, 2.75) is 17.9 Å². The van der Waals surface area contributed by atoms with Crippen molar-refractivity contribution in [3.05, 3.63) is 54.4 Å². The number of hydrogen-bond donors (Lipinski definition) is 3. The van der Waals surface area contributed by atoms with Crippen LogP contribution in [0.15, 0.2) is 53.7 Å². The number of anilines is 1. The van der Waals surface area contributed by atoms with Gasteiger partial charge < -0.3 is 10.6 Å². The molecule has 1 unspecified atom stereocenters. The van der Waals surface area contributed by atoms with Gasteiger partial charge in [-0.05, 0) is 36.8 Å². The third-order valence-electron chi connectivity index (χ3n) is 2.99. The second-order valence-electron chi connectivity index (χ2n) is 4.67. The van der Waals surface area contributed by atoms with Crippen LogP contribution in [0.5, 0.6) is 0 Å². The predicted molar refractivity (Wildman–Crippen MR) is 82.6 cm³/mol. The summed E-state index contributed by atoms with van der Waals surface area (Å²) < 4.78 is 22.4. The molecular formula is C14H16N4O3S. The Balaban J connectivity index is 2.00. The number of amides is 2. The summed E-state index contributed by atoms with van der Waals surface area (Å²) >= 11 is 0. The number of urea groups is 1. The Kier molecular flexibility index (Phi) is 4.74. The molecule has 7 nitrogen and oxygen atoms in total. The van der Waals surface area contributed by atoms with E-state index in [2.05, 4.69) is 15.6 Å². The molecule has 0 aliphatic carbocycles. The van der Waals surface area contributed by atoms with Crippen LogP contribution in [0.25, 0.3) is 0 Å². The number of pyridine rings is 1. The second-order valence-corrected chi connectivity index (χ2v) is 6.23. The quantitative estimate of drug-likeness (QED) is 0.794. The van der Waals surface area contributed by atoms with E-state index in [-0.39, 0.29) is 17.0 Å². The van der Waals surface area contributed by atoms with Crippen LogP contribution in [0, 0.1) is 0 Å². The molecule has 4 N–H and O–H groups in total. The topological polar surface area (TPSA) is 114 Å². The van der Waals surface area contributed by atoms with E-state index in [0.717, 1.165) is 5.56 Å². The first-order valence-electron chi connectivity index (χ1n) is 6.46. The third kappa shape index (κ3) is 4.27. The molecule has 2 rings (SSSR count). The molecule has 22 heavy (non-hydrogen) atoms. The van der Waals surface area contributed by atoms with Crippen molar-refractivity contribution in [1.82, 2.24) is 10.3 Å². The van der Waals surface area contributed by atoms with E-state index < -0.39 is 10.0 Å². The summed E-state index contributed by atoms with van der Waals surface area (Å²) in [6, 6.07) is 8.71. The van der Waals surface area contributed by atoms with Gasteiger partial charge in [-0.25, -0.2) is 18.4 Å². The molecule has 1 aromatic heterocycles. The fourth-order valence-corrected chi connectivity index (χ4v) is 2.34. The lowest BCUT2D eigenvalue weighted by Crippen LogP contribution is -2.31. The molecule has 0 saturated carbocycles. The summed E-state index contributed by atoms with van der Waals surface area (Å²) in [6.45, 7) is 1.79. The van der Waals surface area contributed by atoms with Crippen LogP contribution in [0.1, 0.15) is 18.5 Å². The highest BCUT2D eigenvalue weighted by molar-refractivity contribution is 7.89. The van der Waals surface area contributed by atoms with E-state index >= 15 is 0 Å². The van der Waals surface area contributed by atoms with Crippen molar-refractivity contribution in [1.29, 1.82) is 0 Å². The summed E-state index contributed by atoms with van der Waals surface area (Å²) in [5.41, 5.74) is 1.39. The maximum atomic E-state index is 11.9. The average Bonchev–Trinajstić information content (AvgIpc) is 2.47. The first-order valence-corrected chi connectivity index (χ1v) is 8.01. The van der Waals surface area contributed by atoms with Crippen molar-refractivity contribution < 1.29 is 13.2 Å². The van der Waals surface area contributed by atoms with Crippen LogP contribution in [-0.2, 0) is 10.0 Å². The summed E-state index contributed by atoms with van der Waals surface area (Å²) in [7, 11) is -3.71. The molecular weight excluding hydrogens is 304 g/mol. The van der Waals surface area contributed by atoms with E-state index in [0.29, 0.717) is 5.69 Å². The monoisotopic (exact) mass is 320 g/mol. The Morgan fingerprint density at radius 2 is 1.73 bits per heavy atom. The normalized spacial score (nSPS) is 12.5. The zero-order valence-electron chi connectivity index (χ0n) is 11.9. The Morgan fingerprint density at radius 1 is 1.14 bits per heavy atom. The fourth-order valence-electron chi connectivity index (χ4n) is 1.83. The van der Waals surface area contributed by atoms with E-state index in [1.165, 1.54) is 12.1 Å². The number of hydrogen-bond acceptors (Lipinski definition) is 4. The van der Waals surface area contributed by atoms with Crippen molar-refractivity contribution in [2.75, 3.05) is 5.32 Å². The van der Waals surface area contributed by atoms with Gasteiger partial charge in [0.15, 0.2) is 0 Å². The van der Waals surface area contributed by atoms with E-state index in [4.69, 9.17) is 5.14 Å². The fraction of sp³-hybridized carbons (Fsp3) is 0.143. The summed E-state index contributed by atoms with van der Waals surface area (Å²) in [6.07, 6.45) is 3.15. The van der Waals surface area contributed by atoms with Crippen molar-refractivity contribution in [3.63, 3.8) is 0 Å². The summed E-state index contributed by atoms with van der Waals surface area (Å²) in [4.78, 5) is 15.8. The summed E-state index contributed by atoms with van der Waals surface area (Å²) in [5.74, 6) is 0. The minimum atomic E-state index is -3.71. The number of nitrogens with two attached hydrogens (primary N) is 1. The van der Waals surface area contributed by atoms with Gasteiger partial charge in [-0.3, -0.25) is 4.98 Å². The van der Waals surface area contributed by atoms with Gasteiger partial charge in [0.2, 0.25) is 10.0 Å². The zero-order chi connectivity index (χ0) is 16.2. The van der Waals surface area contributed by atoms with Gasteiger partial charge in [0.05, 0.1) is 10.9 Å². The van der Waals surface area contributed by atoms with Crippen molar-refractivity contribution in [2.24, 2.45) is 5.14 Å². The van der Waals surface area contributed by atoms with Crippen LogP contribution >= 0.6 is 0 Å². The molecule has 0 radical (unpaired) electrons. The van der Waals surface area contributed by atoms with E-state index in [9.17, 15) is 13.2 Å². The minimum Gasteiger partial charge on any atom is -0.331 e. The smallest absolute Gasteiger partial charge is 0.319 e. The Morgan fingerprint density at radius 3 is 2.27 bits per heavy atom. The van der Waals surface area contributed by atoms with Crippen LogP contribution in [-0.4, -0.2) is 19.4 Å². The van der Waals surface area contributed by atoms with Gasteiger partial charge >= 0.3 is 6.03 Å². The van der Waals surface area contributed by atoms with Gasteiger partial charge in [-0.2, -0.15) is 0 Å². The maximum Gasteiger partial charge on any atom is 0.319 e. The van der Waals surface area contributed by atoms with E-state index in [1.807, 2.05) is 0 Å². The van der Waals surface area contributed by atoms with E-state index in [1.54, 1.807) is 43.6 Å². The number of nitrogens with zero attached hydrogens (tertiary/aromatic N) is 1. The molecule has 116 valence electrons. The SMILES string of the molecule is CC(NC(=O)Nc1ccncc1)c1ccc(S(N)(=O)=O)cc1. The first kappa shape index (κ1) is 15.9. The standard InChI is InChI=1S/C14H16N4O3S/c1-10(11-2-4-13(5-3-11)22(15,20)21)17-14(19)18-12-6-8-16-9-7-12/h2-10H,1H3,(H2,15,20,21)(H2,16,17,18,19). The number of carbonyl (C=O) groups is 1. The molecule has 2 aromatic rings. The molecule has 1 aromatic carbocycles. The molecule has 8 heteroatoms. The van der Waals surface area contributed by atoms with Crippen molar-refractivity contribution >= 4 is 21.7 Å². The van der Waals surface area contributed by atoms with Gasteiger partial charge in [-0.1, -0.05) is 12.1 Å². The Hall–Kier alpha value is -2.45. The zero-order valence-corrected chi connectivity index (χ0v) is 12.7. The number of nitrogens with one attached hydrogen (secondary N) is 2. The highest BCUT2D eigenvalue weighted by Crippen LogP contribution is 2.15. The maximum absolute atomic E-state index is 11.9.